The van der Waals surface area contributed by atoms with E-state index in [2.05, 4.69) is 10.1 Å². The highest BCUT2D eigenvalue weighted by Crippen LogP contribution is 2.47. The summed E-state index contributed by atoms with van der Waals surface area (Å²) in [5.74, 6) is 0. The molecule has 0 aliphatic rings. The number of fused-ring (bicyclic) bond motifs is 2. The zero-order valence-corrected chi connectivity index (χ0v) is 16.4. The first-order valence-electron chi connectivity index (χ1n) is 9.53. The zero-order valence-electron chi connectivity index (χ0n) is 16.4. The van der Waals surface area contributed by atoms with E-state index in [-0.39, 0.29) is 11.1 Å². The lowest BCUT2D eigenvalue weighted by Gasteiger charge is -2.31. The molecule has 1 unspecified atom stereocenters. The lowest BCUT2D eigenvalue weighted by atomic mass is 9.85. The van der Waals surface area contributed by atoms with Crippen molar-refractivity contribution in [3.63, 3.8) is 0 Å². The fraction of sp³-hybridized carbons (Fsp3) is 0.130. The maximum atomic E-state index is 14.4. The molecule has 0 spiro atoms. The largest absolute Gasteiger partial charge is 0.425 e. The van der Waals surface area contributed by atoms with Gasteiger partial charge in [-0.1, -0.05) is 24.3 Å². The van der Waals surface area contributed by atoms with Gasteiger partial charge >= 0.3 is 6.18 Å². The number of rotatable bonds is 3. The van der Waals surface area contributed by atoms with Crippen molar-refractivity contribution >= 4 is 21.8 Å². The van der Waals surface area contributed by atoms with Crippen molar-refractivity contribution in [2.24, 2.45) is 7.05 Å². The van der Waals surface area contributed by atoms with Gasteiger partial charge in [-0.05, 0) is 35.9 Å². The Morgan fingerprint density at radius 3 is 2.48 bits per heavy atom. The topological polar surface area (TPSA) is 55.9 Å². The first-order chi connectivity index (χ1) is 14.8. The molecule has 0 amide bonds. The number of aromatic nitrogens is 4. The van der Waals surface area contributed by atoms with E-state index in [9.17, 15) is 18.3 Å². The van der Waals surface area contributed by atoms with Crippen LogP contribution in [0.1, 0.15) is 11.1 Å². The van der Waals surface area contributed by atoms with Crippen molar-refractivity contribution in [1.82, 2.24) is 19.3 Å². The molecule has 8 heteroatoms. The number of aliphatic hydroxyl groups is 1. The number of nitrogens with zero attached hydrogens (tertiary/aromatic N) is 4. The SMILES string of the molecule is Cn1cc(C(O)(c2ccc3c(cnn3-c3cccnc3)c2)C(F)(F)F)c2ccccc21. The fourth-order valence-electron chi connectivity index (χ4n) is 4.04. The van der Waals surface area contributed by atoms with Crippen LogP contribution < -0.4 is 0 Å². The second kappa shape index (κ2) is 6.68. The fourth-order valence-corrected chi connectivity index (χ4v) is 4.04. The molecule has 0 aliphatic carbocycles. The summed E-state index contributed by atoms with van der Waals surface area (Å²) in [5.41, 5.74) is -1.76. The Morgan fingerprint density at radius 1 is 0.935 bits per heavy atom. The molecule has 0 fully saturated rings. The molecule has 31 heavy (non-hydrogen) atoms. The number of pyridine rings is 1. The van der Waals surface area contributed by atoms with Crippen LogP contribution in [0.4, 0.5) is 13.2 Å². The first kappa shape index (κ1) is 19.3. The molecule has 5 rings (SSSR count). The van der Waals surface area contributed by atoms with Gasteiger partial charge in [-0.15, -0.1) is 0 Å². The average molecular weight is 422 g/mol. The van der Waals surface area contributed by atoms with Gasteiger partial charge in [0.1, 0.15) is 0 Å². The van der Waals surface area contributed by atoms with Crippen LogP contribution in [-0.2, 0) is 12.6 Å². The summed E-state index contributed by atoms with van der Waals surface area (Å²) in [4.78, 5) is 4.06. The summed E-state index contributed by atoms with van der Waals surface area (Å²) >= 11 is 0. The van der Waals surface area contributed by atoms with Crippen LogP contribution in [0.15, 0.2) is 79.4 Å². The van der Waals surface area contributed by atoms with E-state index in [0.717, 1.165) is 0 Å². The Kier molecular flexibility index (Phi) is 4.16. The highest BCUT2D eigenvalue weighted by Gasteiger charge is 2.57. The van der Waals surface area contributed by atoms with E-state index in [1.807, 2.05) is 0 Å². The predicted octanol–water partition coefficient (Wildman–Crippen LogP) is 4.71. The van der Waals surface area contributed by atoms with E-state index in [1.54, 1.807) is 65.1 Å². The van der Waals surface area contributed by atoms with Gasteiger partial charge in [0, 0.05) is 41.3 Å². The third-order valence-corrected chi connectivity index (χ3v) is 5.57. The molecular weight excluding hydrogens is 405 g/mol. The van der Waals surface area contributed by atoms with Crippen molar-refractivity contribution in [2.45, 2.75) is 11.8 Å². The minimum Gasteiger partial charge on any atom is -0.372 e. The van der Waals surface area contributed by atoms with Crippen molar-refractivity contribution in [1.29, 1.82) is 0 Å². The lowest BCUT2D eigenvalue weighted by molar-refractivity contribution is -0.247. The number of benzene rings is 2. The van der Waals surface area contributed by atoms with Gasteiger partial charge in [0.25, 0.3) is 0 Å². The molecular formula is C23H17F3N4O. The average Bonchev–Trinajstić information content (AvgIpc) is 3.34. The monoisotopic (exact) mass is 422 g/mol. The van der Waals surface area contributed by atoms with E-state index in [0.29, 0.717) is 27.5 Å². The molecule has 0 saturated carbocycles. The van der Waals surface area contributed by atoms with Crippen LogP contribution in [0, 0.1) is 0 Å². The lowest BCUT2D eigenvalue weighted by Crippen LogP contribution is -2.43. The summed E-state index contributed by atoms with van der Waals surface area (Å²) in [6.07, 6.45) is 1.11. The third kappa shape index (κ3) is 2.83. The molecule has 2 aromatic carbocycles. The van der Waals surface area contributed by atoms with Gasteiger partial charge in [-0.2, -0.15) is 18.3 Å². The van der Waals surface area contributed by atoms with E-state index in [4.69, 9.17) is 0 Å². The molecule has 1 N–H and O–H groups in total. The van der Waals surface area contributed by atoms with Crippen LogP contribution in [0.2, 0.25) is 0 Å². The number of alkyl halides is 3. The van der Waals surface area contributed by atoms with Crippen LogP contribution in [0.5, 0.6) is 0 Å². The van der Waals surface area contributed by atoms with Gasteiger partial charge in [-0.25, -0.2) is 4.68 Å². The number of para-hydroxylation sites is 1. The second-order valence-corrected chi connectivity index (χ2v) is 7.42. The van der Waals surface area contributed by atoms with Crippen LogP contribution in [0.3, 0.4) is 0 Å². The van der Waals surface area contributed by atoms with Gasteiger partial charge in [0.15, 0.2) is 0 Å². The van der Waals surface area contributed by atoms with Crippen LogP contribution in [-0.4, -0.2) is 30.6 Å². The van der Waals surface area contributed by atoms with Crippen molar-refractivity contribution in [3.8, 4) is 5.69 Å². The molecule has 1 atom stereocenters. The number of hydrogen-bond acceptors (Lipinski definition) is 3. The molecule has 0 bridgehead atoms. The Labute approximate surface area is 175 Å². The molecule has 0 aliphatic heterocycles. The van der Waals surface area contributed by atoms with E-state index < -0.39 is 11.8 Å². The van der Waals surface area contributed by atoms with Crippen LogP contribution in [0.25, 0.3) is 27.5 Å². The molecule has 3 heterocycles. The Bertz CT molecular complexity index is 1410. The standard InChI is InChI=1S/C23H17F3N4O/c1-29-14-19(18-6-2-3-7-21(18)29)22(31,23(24,25)26)16-8-9-20-15(11-16)12-28-30(20)17-5-4-10-27-13-17/h2-14,31H,1H3. The molecule has 0 radical (unpaired) electrons. The summed E-state index contributed by atoms with van der Waals surface area (Å²) in [6, 6.07) is 14.4. The minimum atomic E-state index is -4.94. The van der Waals surface area contributed by atoms with Gasteiger partial charge in [0.05, 0.1) is 23.6 Å². The van der Waals surface area contributed by atoms with E-state index in [1.165, 1.54) is 30.6 Å². The van der Waals surface area contributed by atoms with Crippen molar-refractivity contribution in [3.05, 3.63) is 90.5 Å². The maximum Gasteiger partial charge on any atom is 0.425 e. The smallest absolute Gasteiger partial charge is 0.372 e. The van der Waals surface area contributed by atoms with Gasteiger partial charge < -0.3 is 9.67 Å². The highest BCUT2D eigenvalue weighted by molar-refractivity contribution is 5.86. The van der Waals surface area contributed by atoms with E-state index >= 15 is 0 Å². The number of aryl methyl sites for hydroxylation is 1. The third-order valence-electron chi connectivity index (χ3n) is 5.57. The van der Waals surface area contributed by atoms with Gasteiger partial charge in [-0.3, -0.25) is 4.98 Å². The molecule has 3 aromatic heterocycles. The first-order valence-corrected chi connectivity index (χ1v) is 9.53. The Hall–Kier alpha value is -3.65. The Balaban J connectivity index is 1.73. The molecule has 156 valence electrons. The summed E-state index contributed by atoms with van der Waals surface area (Å²) in [6.45, 7) is 0. The van der Waals surface area contributed by atoms with Crippen molar-refractivity contribution < 1.29 is 18.3 Å². The highest BCUT2D eigenvalue weighted by atomic mass is 19.4. The Morgan fingerprint density at radius 2 is 1.74 bits per heavy atom. The quantitative estimate of drug-likeness (QED) is 0.458. The van der Waals surface area contributed by atoms with Crippen LogP contribution >= 0.6 is 0 Å². The number of hydrogen-bond donors (Lipinski definition) is 1. The summed E-state index contributed by atoms with van der Waals surface area (Å²) in [5, 5.41) is 16.3. The second-order valence-electron chi connectivity index (χ2n) is 7.42. The molecule has 5 nitrogen and oxygen atoms in total. The number of halogens is 3. The van der Waals surface area contributed by atoms with Gasteiger partial charge in [0.2, 0.25) is 5.60 Å². The van der Waals surface area contributed by atoms with Crippen molar-refractivity contribution in [2.75, 3.05) is 0 Å². The zero-order chi connectivity index (χ0) is 21.8. The summed E-state index contributed by atoms with van der Waals surface area (Å²) in [7, 11) is 1.66. The predicted molar refractivity (Wildman–Crippen MR) is 111 cm³/mol. The maximum absolute atomic E-state index is 14.4. The minimum absolute atomic E-state index is 0.211. The molecule has 5 aromatic rings. The summed E-state index contributed by atoms with van der Waals surface area (Å²) < 4.78 is 46.4. The normalized spacial score (nSPS) is 14.2. The molecule has 0 saturated heterocycles.